The number of aliphatic hydroxyl groups excluding tert-OH is 2. The summed E-state index contributed by atoms with van der Waals surface area (Å²) in [4.78, 5) is 27.3. The highest BCUT2D eigenvalue weighted by Gasteiger charge is 2.65. The van der Waals surface area contributed by atoms with E-state index in [4.69, 9.17) is 38.4 Å². The number of aliphatic hydroxyl groups is 2. The van der Waals surface area contributed by atoms with Crippen LogP contribution in [0.1, 0.15) is 85.9 Å². The molecule has 2 N–H and O–H groups in total. The molecular formula is C52H61N3O10. The molecule has 2 aliphatic heterocycles. The second kappa shape index (κ2) is 21.4. The number of amides is 1. The van der Waals surface area contributed by atoms with Crippen LogP contribution in [-0.2, 0) is 34.1 Å². The number of benzene rings is 3. The number of nitrogens with zero attached hydrogens (tertiary/aromatic N) is 3. The lowest BCUT2D eigenvalue weighted by molar-refractivity contribution is -0.256. The predicted octanol–water partition coefficient (Wildman–Crippen LogP) is 9.19. The molecule has 13 heteroatoms. The largest absolute Gasteiger partial charge is 0.487 e. The van der Waals surface area contributed by atoms with Gasteiger partial charge in [-0.25, -0.2) is 4.79 Å². The number of pyridine rings is 1. The first-order valence-corrected chi connectivity index (χ1v) is 23.0. The van der Waals surface area contributed by atoms with Crippen LogP contribution >= 0.6 is 0 Å². The standard InChI is InChI=1S/C52H61N3O10/c1-4-26-63-52-48(55(51(58)59-5-2)31-37-20-22-46-47(27-37)62-34-61-46)30-44(54-64-32-36-15-7-6-8-16-36)42-28-38(17-9-11-24-56)41(19-10-12-25-57)49(50(42)52)43-29-40(21-23-45(43)65-52)60-33-39-18-13-14-35(3)53-39/h4,6-8,13-16,18,20-23,27-29,38,41,48-50,56-57H,1,5,9-12,17,19,24-26,30-34H2,2-3H3. The van der Waals surface area contributed by atoms with E-state index in [0.29, 0.717) is 41.6 Å². The Morgan fingerprint density at radius 3 is 2.51 bits per heavy atom. The highest BCUT2D eigenvalue weighted by Crippen LogP contribution is 2.62. The van der Waals surface area contributed by atoms with Crippen LogP contribution in [0, 0.1) is 24.7 Å². The SMILES string of the molecule is C=CCOC12Oc3ccc(OCc4cccc(C)n4)cc3C3C(CCCCO)C(CCCCO)C=C(C(=NOCc4ccccc4)CC1N(Cc1ccc4c(c1)OCO4)C(=O)OCC)C32. The average Bonchev–Trinajstić information content (AvgIpc) is 3.79. The van der Waals surface area contributed by atoms with E-state index in [1.807, 2.05) is 85.8 Å². The van der Waals surface area contributed by atoms with Crippen LogP contribution in [0.25, 0.3) is 0 Å². The summed E-state index contributed by atoms with van der Waals surface area (Å²) in [5.41, 5.74) is 6.07. The summed E-state index contributed by atoms with van der Waals surface area (Å²) < 4.78 is 38.3. The summed E-state index contributed by atoms with van der Waals surface area (Å²) in [6.07, 6.45) is 8.26. The molecule has 4 aliphatic rings. The molecule has 1 amide bonds. The summed E-state index contributed by atoms with van der Waals surface area (Å²) >= 11 is 0. The van der Waals surface area contributed by atoms with Crippen LogP contribution in [0.15, 0.2) is 114 Å². The second-order valence-electron chi connectivity index (χ2n) is 17.1. The minimum atomic E-state index is -1.47. The number of ether oxygens (including phenoxy) is 6. The Morgan fingerprint density at radius 2 is 1.72 bits per heavy atom. The molecule has 0 spiro atoms. The molecule has 0 radical (unpaired) electrons. The van der Waals surface area contributed by atoms with Crippen molar-refractivity contribution in [1.29, 1.82) is 0 Å². The van der Waals surface area contributed by atoms with Crippen molar-refractivity contribution in [1.82, 2.24) is 9.88 Å². The number of hydrogen-bond donors (Lipinski definition) is 2. The van der Waals surface area contributed by atoms with Crippen molar-refractivity contribution in [2.45, 2.75) is 96.3 Å². The van der Waals surface area contributed by atoms with Crippen LogP contribution in [0.2, 0.25) is 0 Å². The second-order valence-corrected chi connectivity index (χ2v) is 17.1. The third-order valence-corrected chi connectivity index (χ3v) is 12.9. The van der Waals surface area contributed by atoms with Crippen molar-refractivity contribution < 1.29 is 48.3 Å². The van der Waals surface area contributed by atoms with E-state index in [2.05, 4.69) is 23.7 Å². The van der Waals surface area contributed by atoms with Crippen LogP contribution < -0.4 is 18.9 Å². The first-order chi connectivity index (χ1) is 31.8. The van der Waals surface area contributed by atoms with Gasteiger partial charge in [0.05, 0.1) is 30.5 Å². The average molecular weight is 888 g/mol. The molecule has 0 bridgehead atoms. The van der Waals surface area contributed by atoms with Gasteiger partial charge in [-0.05, 0) is 111 Å². The Morgan fingerprint density at radius 1 is 0.923 bits per heavy atom. The van der Waals surface area contributed by atoms with Crippen LogP contribution in [0.3, 0.4) is 0 Å². The normalized spacial score (nSPS) is 23.1. The molecule has 4 aromatic rings. The Labute approximate surface area is 381 Å². The van der Waals surface area contributed by atoms with Gasteiger partial charge in [0.25, 0.3) is 0 Å². The van der Waals surface area contributed by atoms with E-state index < -0.39 is 23.8 Å². The molecule has 6 unspecified atom stereocenters. The summed E-state index contributed by atoms with van der Waals surface area (Å²) in [7, 11) is 0. The van der Waals surface area contributed by atoms with Gasteiger partial charge in [-0.15, -0.1) is 6.58 Å². The van der Waals surface area contributed by atoms with E-state index in [9.17, 15) is 15.0 Å². The van der Waals surface area contributed by atoms with Crippen LogP contribution in [0.4, 0.5) is 4.79 Å². The van der Waals surface area contributed by atoms with Crippen molar-refractivity contribution in [2.24, 2.45) is 22.9 Å². The maximum atomic E-state index is 14.6. The van der Waals surface area contributed by atoms with Crippen molar-refractivity contribution in [3.05, 3.63) is 137 Å². The zero-order chi connectivity index (χ0) is 45.2. The number of unbranched alkanes of at least 4 members (excludes halogenated alkanes) is 2. The van der Waals surface area contributed by atoms with E-state index >= 15 is 0 Å². The molecule has 1 fully saturated rings. The van der Waals surface area contributed by atoms with Gasteiger partial charge in [0.15, 0.2) is 11.5 Å². The third kappa shape index (κ3) is 10.2. The summed E-state index contributed by atoms with van der Waals surface area (Å²) in [5.74, 6) is 0.394. The third-order valence-electron chi connectivity index (χ3n) is 12.9. The van der Waals surface area contributed by atoms with Crippen molar-refractivity contribution in [2.75, 3.05) is 33.2 Å². The van der Waals surface area contributed by atoms with Gasteiger partial charge in [0, 0.05) is 43.4 Å². The molecule has 3 heterocycles. The van der Waals surface area contributed by atoms with Gasteiger partial charge < -0.3 is 43.5 Å². The molecule has 13 nitrogen and oxygen atoms in total. The summed E-state index contributed by atoms with van der Waals surface area (Å²) in [6, 6.07) is 26.6. The van der Waals surface area contributed by atoms with Crippen molar-refractivity contribution >= 4 is 11.8 Å². The monoisotopic (exact) mass is 887 g/mol. The Hall–Kier alpha value is -5.89. The number of allylic oxidation sites excluding steroid dienone is 1. The van der Waals surface area contributed by atoms with Crippen molar-refractivity contribution in [3.8, 4) is 23.0 Å². The number of carbonyl (C=O) groups excluding carboxylic acids is 1. The summed E-state index contributed by atoms with van der Waals surface area (Å²) in [5, 5.41) is 25.0. The van der Waals surface area contributed by atoms with Gasteiger partial charge >= 0.3 is 6.09 Å². The number of oxime groups is 1. The zero-order valence-electron chi connectivity index (χ0n) is 37.4. The highest BCUT2D eigenvalue weighted by atomic mass is 16.7. The fourth-order valence-electron chi connectivity index (χ4n) is 10.1. The first kappa shape index (κ1) is 45.7. The molecule has 1 saturated carbocycles. The molecule has 6 atom stereocenters. The zero-order valence-corrected chi connectivity index (χ0v) is 37.4. The molecule has 2 aliphatic carbocycles. The van der Waals surface area contributed by atoms with Crippen LogP contribution in [-0.4, -0.2) is 77.0 Å². The molecule has 0 saturated heterocycles. The molecule has 1 aromatic heterocycles. The number of hydrogen-bond acceptors (Lipinski definition) is 12. The van der Waals surface area contributed by atoms with E-state index in [1.165, 1.54) is 0 Å². The maximum absolute atomic E-state index is 14.6. The molecule has 3 aromatic carbocycles. The smallest absolute Gasteiger partial charge is 0.410 e. The fraction of sp³-hybridized carbons (Fsp3) is 0.442. The molecular weight excluding hydrogens is 827 g/mol. The Balaban J connectivity index is 1.31. The lowest BCUT2D eigenvalue weighted by Gasteiger charge is -2.59. The number of carbonyl (C=O) groups is 1. The number of rotatable bonds is 21. The van der Waals surface area contributed by atoms with E-state index in [1.54, 1.807) is 17.9 Å². The quantitative estimate of drug-likeness (QED) is 0.0468. The van der Waals surface area contributed by atoms with Crippen molar-refractivity contribution in [3.63, 3.8) is 0 Å². The van der Waals surface area contributed by atoms with Gasteiger partial charge in [-0.2, -0.15) is 0 Å². The van der Waals surface area contributed by atoms with Gasteiger partial charge in [-0.3, -0.25) is 9.88 Å². The Bertz CT molecular complexity index is 2320. The number of aromatic nitrogens is 1. The van der Waals surface area contributed by atoms with Gasteiger partial charge in [-0.1, -0.05) is 72.6 Å². The fourth-order valence-corrected chi connectivity index (χ4v) is 10.1. The van der Waals surface area contributed by atoms with Crippen LogP contribution in [0.5, 0.6) is 23.0 Å². The number of aryl methyl sites for hydroxylation is 1. The predicted molar refractivity (Wildman–Crippen MR) is 245 cm³/mol. The topological polar surface area (TPSA) is 151 Å². The van der Waals surface area contributed by atoms with E-state index in [0.717, 1.165) is 59.3 Å². The Kier molecular flexibility index (Phi) is 15.0. The maximum Gasteiger partial charge on any atom is 0.410 e. The molecule has 8 rings (SSSR count). The number of fused-ring (bicyclic) bond motifs is 3. The molecule has 65 heavy (non-hydrogen) atoms. The minimum Gasteiger partial charge on any atom is -0.487 e. The van der Waals surface area contributed by atoms with Gasteiger partial charge in [0.2, 0.25) is 12.6 Å². The minimum absolute atomic E-state index is 0.0344. The molecule has 344 valence electrons. The lowest BCUT2D eigenvalue weighted by Crippen LogP contribution is -2.70. The highest BCUT2D eigenvalue weighted by molar-refractivity contribution is 6.03. The summed E-state index contributed by atoms with van der Waals surface area (Å²) in [6.45, 7) is 9.04. The first-order valence-electron chi connectivity index (χ1n) is 23.0. The van der Waals surface area contributed by atoms with E-state index in [-0.39, 0.29) is 77.2 Å². The lowest BCUT2D eigenvalue weighted by atomic mass is 9.55. The van der Waals surface area contributed by atoms with Gasteiger partial charge in [0.1, 0.15) is 30.8 Å².